The Morgan fingerprint density at radius 1 is 1.86 bits per heavy atom. The van der Waals surface area contributed by atoms with Crippen LogP contribution in [0.2, 0.25) is 0 Å². The maximum absolute atomic E-state index is 6.64. The quantitative estimate of drug-likeness (QED) is 0.329. The highest BCUT2D eigenvalue weighted by Gasteiger charge is 1.79. The van der Waals surface area contributed by atoms with Gasteiger partial charge in [0.05, 0.1) is 0 Å². The highest BCUT2D eigenvalue weighted by atomic mass is 15.0. The second-order valence-electron chi connectivity index (χ2n) is 1.19. The molecule has 0 aliphatic rings. The van der Waals surface area contributed by atoms with Gasteiger partial charge < -0.3 is 11.1 Å². The minimum atomic E-state index is 0.0173. The van der Waals surface area contributed by atoms with Crippen molar-refractivity contribution in [3.63, 3.8) is 0 Å². The predicted octanol–water partition coefficient (Wildman–Crippen LogP) is -0.306. The maximum Gasteiger partial charge on any atom is 0.185 e. The SMILES string of the molecule is [CH2]CCNC(=N)N. The molecule has 7 heavy (non-hydrogen) atoms. The summed E-state index contributed by atoms with van der Waals surface area (Å²) < 4.78 is 0. The third-order valence-electron chi connectivity index (χ3n) is 0.492. The van der Waals surface area contributed by atoms with Gasteiger partial charge in [0.1, 0.15) is 0 Å². The van der Waals surface area contributed by atoms with Gasteiger partial charge in [0.15, 0.2) is 5.96 Å². The van der Waals surface area contributed by atoms with E-state index in [0.29, 0.717) is 6.54 Å². The zero-order valence-corrected chi connectivity index (χ0v) is 4.20. The van der Waals surface area contributed by atoms with E-state index >= 15 is 0 Å². The monoisotopic (exact) mass is 100 g/mol. The summed E-state index contributed by atoms with van der Waals surface area (Å²) in [7, 11) is 0. The van der Waals surface area contributed by atoms with Crippen LogP contribution in [0, 0.1) is 12.3 Å². The van der Waals surface area contributed by atoms with Gasteiger partial charge in [-0.15, -0.1) is 0 Å². The van der Waals surface area contributed by atoms with Crippen molar-refractivity contribution in [3.8, 4) is 0 Å². The molecule has 0 saturated carbocycles. The molecule has 1 radical (unpaired) electrons. The smallest absolute Gasteiger partial charge is 0.185 e. The second kappa shape index (κ2) is 3.46. The summed E-state index contributed by atoms with van der Waals surface area (Å²) >= 11 is 0. The van der Waals surface area contributed by atoms with Crippen LogP contribution in [0.15, 0.2) is 0 Å². The molecule has 0 aliphatic heterocycles. The molecule has 0 aliphatic carbocycles. The van der Waals surface area contributed by atoms with Crippen LogP contribution in [0.3, 0.4) is 0 Å². The number of nitrogens with one attached hydrogen (secondary N) is 2. The molecule has 41 valence electrons. The Bertz CT molecular complexity index is 60.0. The summed E-state index contributed by atoms with van der Waals surface area (Å²) in [6.07, 6.45) is 0.763. The number of hydrogen-bond acceptors (Lipinski definition) is 1. The van der Waals surface area contributed by atoms with E-state index in [2.05, 4.69) is 12.2 Å². The van der Waals surface area contributed by atoms with Crippen molar-refractivity contribution in [2.75, 3.05) is 6.54 Å². The van der Waals surface area contributed by atoms with Crippen LogP contribution in [-0.4, -0.2) is 12.5 Å². The molecule has 0 spiro atoms. The zero-order chi connectivity index (χ0) is 5.70. The number of hydrogen-bond donors (Lipinski definition) is 3. The van der Waals surface area contributed by atoms with Crippen molar-refractivity contribution in [1.29, 1.82) is 5.41 Å². The lowest BCUT2D eigenvalue weighted by Gasteiger charge is -1.96. The van der Waals surface area contributed by atoms with Crippen LogP contribution in [0.25, 0.3) is 0 Å². The van der Waals surface area contributed by atoms with Gasteiger partial charge in [-0.1, -0.05) is 6.92 Å². The highest BCUT2D eigenvalue weighted by Crippen LogP contribution is 1.64. The third-order valence-corrected chi connectivity index (χ3v) is 0.492. The molecule has 0 atom stereocenters. The molecule has 0 saturated heterocycles. The largest absolute Gasteiger partial charge is 0.370 e. The third kappa shape index (κ3) is 5.27. The molecule has 3 nitrogen and oxygen atoms in total. The fraction of sp³-hybridized carbons (Fsp3) is 0.500. The zero-order valence-electron chi connectivity index (χ0n) is 4.20. The van der Waals surface area contributed by atoms with Gasteiger partial charge in [0.25, 0.3) is 0 Å². The summed E-state index contributed by atoms with van der Waals surface area (Å²) in [6.45, 7) is 4.23. The van der Waals surface area contributed by atoms with Crippen LogP contribution in [-0.2, 0) is 0 Å². The summed E-state index contributed by atoms with van der Waals surface area (Å²) in [5, 5.41) is 9.23. The first-order chi connectivity index (χ1) is 3.27. The molecule has 0 bridgehead atoms. The van der Waals surface area contributed by atoms with Crippen molar-refractivity contribution in [3.05, 3.63) is 6.92 Å². The second-order valence-corrected chi connectivity index (χ2v) is 1.19. The molecular weight excluding hydrogens is 90.1 g/mol. The van der Waals surface area contributed by atoms with E-state index in [0.717, 1.165) is 6.42 Å². The van der Waals surface area contributed by atoms with Crippen LogP contribution >= 0.6 is 0 Å². The minimum absolute atomic E-state index is 0.0173. The normalized spacial score (nSPS) is 8.14. The highest BCUT2D eigenvalue weighted by molar-refractivity contribution is 5.74. The number of rotatable bonds is 2. The van der Waals surface area contributed by atoms with Gasteiger partial charge in [-0.05, 0) is 6.42 Å². The summed E-state index contributed by atoms with van der Waals surface area (Å²) in [5.41, 5.74) is 4.92. The van der Waals surface area contributed by atoms with Crippen LogP contribution < -0.4 is 11.1 Å². The van der Waals surface area contributed by atoms with E-state index in [-0.39, 0.29) is 5.96 Å². The molecular formula is C4H10N3. The van der Waals surface area contributed by atoms with E-state index in [1.54, 1.807) is 0 Å². The molecule has 0 amide bonds. The van der Waals surface area contributed by atoms with Crippen LogP contribution in [0.1, 0.15) is 6.42 Å². The molecule has 0 aromatic heterocycles. The lowest BCUT2D eigenvalue weighted by atomic mass is 10.5. The average Bonchev–Trinajstić information content (AvgIpc) is 1.61. The Morgan fingerprint density at radius 2 is 2.43 bits per heavy atom. The Balaban J connectivity index is 2.82. The van der Waals surface area contributed by atoms with Gasteiger partial charge in [-0.2, -0.15) is 0 Å². The maximum atomic E-state index is 6.64. The Hall–Kier alpha value is -0.730. The van der Waals surface area contributed by atoms with Crippen molar-refractivity contribution in [2.45, 2.75) is 6.42 Å². The predicted molar refractivity (Wildman–Crippen MR) is 29.9 cm³/mol. The van der Waals surface area contributed by atoms with Gasteiger partial charge >= 0.3 is 0 Å². The van der Waals surface area contributed by atoms with Gasteiger partial charge in [-0.25, -0.2) is 0 Å². The standard InChI is InChI=1S/C4H10N3/c1-2-3-7-4(5)6/h1-3H2,(H4,5,6,7). The summed E-state index contributed by atoms with van der Waals surface area (Å²) in [5.74, 6) is 0.0173. The molecule has 0 unspecified atom stereocenters. The van der Waals surface area contributed by atoms with E-state index in [1.165, 1.54) is 0 Å². The van der Waals surface area contributed by atoms with Crippen molar-refractivity contribution in [2.24, 2.45) is 5.73 Å². The lowest BCUT2D eigenvalue weighted by Crippen LogP contribution is -2.30. The first kappa shape index (κ1) is 6.27. The van der Waals surface area contributed by atoms with E-state index in [9.17, 15) is 0 Å². The Morgan fingerprint density at radius 3 is 2.57 bits per heavy atom. The van der Waals surface area contributed by atoms with E-state index in [1.807, 2.05) is 0 Å². The van der Waals surface area contributed by atoms with E-state index in [4.69, 9.17) is 11.1 Å². The Labute approximate surface area is 43.4 Å². The van der Waals surface area contributed by atoms with Gasteiger partial charge in [0, 0.05) is 6.54 Å². The molecule has 0 aromatic carbocycles. The molecule has 0 rings (SSSR count). The summed E-state index contributed by atoms with van der Waals surface area (Å²) in [4.78, 5) is 0. The molecule has 0 fully saturated rings. The Kier molecular flexibility index (Phi) is 3.10. The minimum Gasteiger partial charge on any atom is -0.370 e. The van der Waals surface area contributed by atoms with Gasteiger partial charge in [-0.3, -0.25) is 5.41 Å². The first-order valence-corrected chi connectivity index (χ1v) is 2.14. The van der Waals surface area contributed by atoms with E-state index < -0.39 is 0 Å². The first-order valence-electron chi connectivity index (χ1n) is 2.14. The molecule has 0 aromatic rings. The number of guanidine groups is 1. The average molecular weight is 100 g/mol. The summed E-state index contributed by atoms with van der Waals surface area (Å²) in [6, 6.07) is 0. The van der Waals surface area contributed by atoms with Crippen molar-refractivity contribution >= 4 is 5.96 Å². The van der Waals surface area contributed by atoms with Gasteiger partial charge in [0.2, 0.25) is 0 Å². The van der Waals surface area contributed by atoms with Crippen molar-refractivity contribution < 1.29 is 0 Å². The topological polar surface area (TPSA) is 61.9 Å². The van der Waals surface area contributed by atoms with Crippen LogP contribution in [0.4, 0.5) is 0 Å². The molecule has 0 heterocycles. The molecule has 4 N–H and O–H groups in total. The van der Waals surface area contributed by atoms with Crippen LogP contribution in [0.5, 0.6) is 0 Å². The fourth-order valence-corrected chi connectivity index (χ4v) is 0.223. The molecule has 3 heteroatoms. The number of nitrogens with two attached hydrogens (primary N) is 1. The fourth-order valence-electron chi connectivity index (χ4n) is 0.223. The van der Waals surface area contributed by atoms with Crippen molar-refractivity contribution in [1.82, 2.24) is 5.32 Å². The lowest BCUT2D eigenvalue weighted by molar-refractivity contribution is 0.873.